The Kier molecular flexibility index (Phi) is 5.92. The zero-order valence-electron chi connectivity index (χ0n) is 16.3. The van der Waals surface area contributed by atoms with Crippen LogP contribution in [0.15, 0.2) is 40.5 Å². The Balaban J connectivity index is 1.60. The molecule has 1 saturated heterocycles. The molecule has 0 aliphatic carbocycles. The number of nitrogens with zero attached hydrogens (tertiary/aromatic N) is 2. The van der Waals surface area contributed by atoms with Crippen molar-refractivity contribution in [1.82, 2.24) is 15.3 Å². The smallest absolute Gasteiger partial charge is 0.270 e. The molecule has 1 atom stereocenters. The van der Waals surface area contributed by atoms with Crippen molar-refractivity contribution in [3.63, 3.8) is 0 Å². The first-order chi connectivity index (χ1) is 14.2. The number of H-pyrrole nitrogens is 1. The second kappa shape index (κ2) is 8.75. The Morgan fingerprint density at radius 1 is 1.38 bits per heavy atom. The fraction of sp³-hybridized carbons (Fsp3) is 0.381. The third-order valence-corrected chi connectivity index (χ3v) is 6.16. The van der Waals surface area contributed by atoms with Crippen LogP contribution in [-0.2, 0) is 9.53 Å². The quantitative estimate of drug-likeness (QED) is 0.608. The molecule has 1 aliphatic heterocycles. The molecule has 0 spiro atoms. The molecule has 2 aromatic heterocycles. The number of amides is 1. The molecule has 7 nitrogen and oxygen atoms in total. The Labute approximate surface area is 172 Å². The minimum atomic E-state index is -0.135. The van der Waals surface area contributed by atoms with E-state index in [9.17, 15) is 9.59 Å². The van der Waals surface area contributed by atoms with Crippen LogP contribution in [0.25, 0.3) is 21.3 Å². The lowest BCUT2D eigenvalue weighted by atomic mass is 9.97. The molecule has 1 amide bonds. The normalized spacial score (nSPS) is 16.9. The van der Waals surface area contributed by atoms with Crippen molar-refractivity contribution in [1.29, 1.82) is 0 Å². The zero-order valence-corrected chi connectivity index (χ0v) is 17.1. The number of ether oxygens (including phenoxy) is 1. The molecule has 2 N–H and O–H groups in total. The highest BCUT2D eigenvalue weighted by Gasteiger charge is 2.27. The van der Waals surface area contributed by atoms with Gasteiger partial charge >= 0.3 is 0 Å². The lowest BCUT2D eigenvalue weighted by Crippen LogP contribution is -2.44. The van der Waals surface area contributed by atoms with E-state index in [0.717, 1.165) is 30.5 Å². The molecule has 0 radical (unpaired) electrons. The summed E-state index contributed by atoms with van der Waals surface area (Å²) in [7, 11) is 1.61. The van der Waals surface area contributed by atoms with E-state index in [1.54, 1.807) is 7.11 Å². The van der Waals surface area contributed by atoms with Crippen molar-refractivity contribution in [2.24, 2.45) is 5.92 Å². The highest BCUT2D eigenvalue weighted by atomic mass is 32.1. The second-order valence-electron chi connectivity index (χ2n) is 7.15. The Morgan fingerprint density at radius 3 is 3.00 bits per heavy atom. The summed E-state index contributed by atoms with van der Waals surface area (Å²) < 4.78 is 5.61. The lowest BCUT2D eigenvalue weighted by Gasteiger charge is -2.32. The van der Waals surface area contributed by atoms with Gasteiger partial charge in [0.05, 0.1) is 18.0 Å². The number of nitrogens with one attached hydrogen (secondary N) is 2. The van der Waals surface area contributed by atoms with Crippen LogP contribution in [0.5, 0.6) is 0 Å². The van der Waals surface area contributed by atoms with Gasteiger partial charge in [0.15, 0.2) is 0 Å². The second-order valence-corrected chi connectivity index (χ2v) is 8.03. The van der Waals surface area contributed by atoms with Gasteiger partial charge in [-0.25, -0.2) is 4.98 Å². The van der Waals surface area contributed by atoms with Gasteiger partial charge in [-0.3, -0.25) is 14.6 Å². The molecule has 29 heavy (non-hydrogen) atoms. The van der Waals surface area contributed by atoms with Crippen LogP contribution in [0.2, 0.25) is 0 Å². The van der Waals surface area contributed by atoms with Crippen LogP contribution >= 0.6 is 11.3 Å². The maximum atomic E-state index is 12.7. The van der Waals surface area contributed by atoms with E-state index in [4.69, 9.17) is 9.72 Å². The number of piperidine rings is 1. The molecule has 1 aromatic carbocycles. The highest BCUT2D eigenvalue weighted by molar-refractivity contribution is 7.17. The van der Waals surface area contributed by atoms with Crippen LogP contribution < -0.4 is 15.8 Å². The molecule has 152 valence electrons. The molecule has 1 unspecified atom stereocenters. The third-order valence-electron chi connectivity index (χ3n) is 5.20. The third kappa shape index (κ3) is 4.18. The fourth-order valence-corrected chi connectivity index (χ4v) is 4.60. The first-order valence-corrected chi connectivity index (χ1v) is 10.6. The van der Waals surface area contributed by atoms with E-state index >= 15 is 0 Å². The van der Waals surface area contributed by atoms with E-state index in [-0.39, 0.29) is 17.4 Å². The van der Waals surface area contributed by atoms with Gasteiger partial charge < -0.3 is 15.0 Å². The van der Waals surface area contributed by atoms with Gasteiger partial charge in [0.25, 0.3) is 5.56 Å². The number of hydrogen-bond acceptors (Lipinski definition) is 6. The number of benzene rings is 1. The summed E-state index contributed by atoms with van der Waals surface area (Å²) in [6.45, 7) is 2.30. The van der Waals surface area contributed by atoms with E-state index in [1.165, 1.54) is 11.3 Å². The number of aromatic amines is 1. The topological polar surface area (TPSA) is 87.3 Å². The Bertz CT molecular complexity index is 1050. The van der Waals surface area contributed by atoms with Crippen molar-refractivity contribution >= 4 is 33.4 Å². The van der Waals surface area contributed by atoms with Gasteiger partial charge in [0, 0.05) is 37.7 Å². The number of methoxy groups -OCH3 is 1. The van der Waals surface area contributed by atoms with Crippen molar-refractivity contribution in [3.8, 4) is 11.1 Å². The van der Waals surface area contributed by atoms with E-state index in [0.29, 0.717) is 35.9 Å². The molecular weight excluding hydrogens is 388 g/mol. The maximum absolute atomic E-state index is 12.7. The minimum Gasteiger partial charge on any atom is -0.383 e. The zero-order chi connectivity index (χ0) is 20.2. The summed E-state index contributed by atoms with van der Waals surface area (Å²) in [5, 5.41) is 4.89. The van der Waals surface area contributed by atoms with Gasteiger partial charge in [-0.2, -0.15) is 0 Å². The highest BCUT2D eigenvalue weighted by Crippen LogP contribution is 2.32. The number of rotatable bonds is 6. The van der Waals surface area contributed by atoms with Crippen LogP contribution in [0.1, 0.15) is 12.8 Å². The monoisotopic (exact) mass is 412 g/mol. The molecule has 1 fully saturated rings. The molecule has 0 bridgehead atoms. The van der Waals surface area contributed by atoms with Crippen LogP contribution in [0, 0.1) is 5.92 Å². The molecule has 1 aliphatic rings. The van der Waals surface area contributed by atoms with Gasteiger partial charge in [0.1, 0.15) is 4.70 Å². The molecule has 3 heterocycles. The number of fused-ring (bicyclic) bond motifs is 1. The van der Waals surface area contributed by atoms with Gasteiger partial charge in [0.2, 0.25) is 11.9 Å². The van der Waals surface area contributed by atoms with Crippen molar-refractivity contribution in [2.45, 2.75) is 12.8 Å². The van der Waals surface area contributed by atoms with Crippen molar-refractivity contribution < 1.29 is 9.53 Å². The summed E-state index contributed by atoms with van der Waals surface area (Å²) in [6, 6.07) is 9.96. The predicted octanol–water partition coefficient (Wildman–Crippen LogP) is 2.63. The number of anilines is 1. The molecular formula is C21H24N4O3S. The average Bonchev–Trinajstić information content (AvgIpc) is 3.19. The van der Waals surface area contributed by atoms with Crippen LogP contribution in [0.3, 0.4) is 0 Å². The fourth-order valence-electron chi connectivity index (χ4n) is 3.69. The number of carbonyl (C=O) groups is 1. The Hall–Kier alpha value is -2.71. The number of carbonyl (C=O) groups excluding carboxylic acids is 1. The summed E-state index contributed by atoms with van der Waals surface area (Å²) in [6.07, 6.45) is 1.70. The standard InChI is InChI=1S/C21H24N4O3S/c1-28-11-9-22-19(26)15-8-5-10-25(12-15)21-23-17-16(14-6-3-2-4-7-14)13-29-18(17)20(27)24-21/h2-4,6-7,13,15H,5,8-12H2,1H3,(H,22,26)(H,23,24,27). The van der Waals surface area contributed by atoms with Gasteiger partial charge in [-0.1, -0.05) is 30.3 Å². The summed E-state index contributed by atoms with van der Waals surface area (Å²) in [5.74, 6) is 0.431. The maximum Gasteiger partial charge on any atom is 0.270 e. The first kappa shape index (κ1) is 19.6. The Morgan fingerprint density at radius 2 is 2.21 bits per heavy atom. The first-order valence-electron chi connectivity index (χ1n) is 9.76. The van der Waals surface area contributed by atoms with E-state index in [1.807, 2.05) is 40.6 Å². The molecule has 0 saturated carbocycles. The number of aromatic nitrogens is 2. The SMILES string of the molecule is COCCNC(=O)C1CCCN(c2nc3c(-c4ccccc4)csc3c(=O)[nH]2)C1. The van der Waals surface area contributed by atoms with Crippen molar-refractivity contribution in [3.05, 3.63) is 46.1 Å². The summed E-state index contributed by atoms with van der Waals surface area (Å²) >= 11 is 1.41. The van der Waals surface area contributed by atoms with Gasteiger partial charge in [-0.05, 0) is 18.4 Å². The summed E-state index contributed by atoms with van der Waals surface area (Å²) in [4.78, 5) is 34.8. The summed E-state index contributed by atoms with van der Waals surface area (Å²) in [5.41, 5.74) is 2.58. The molecule has 8 heteroatoms. The van der Waals surface area contributed by atoms with E-state index < -0.39 is 0 Å². The van der Waals surface area contributed by atoms with Crippen LogP contribution in [-0.4, -0.2) is 49.2 Å². The lowest BCUT2D eigenvalue weighted by molar-refractivity contribution is -0.125. The number of thiophene rings is 1. The van der Waals surface area contributed by atoms with Crippen LogP contribution in [0.4, 0.5) is 5.95 Å². The number of hydrogen-bond donors (Lipinski definition) is 2. The van der Waals surface area contributed by atoms with Gasteiger partial charge in [-0.15, -0.1) is 11.3 Å². The average molecular weight is 413 g/mol. The molecule has 3 aromatic rings. The largest absolute Gasteiger partial charge is 0.383 e. The molecule has 4 rings (SSSR count). The minimum absolute atomic E-state index is 0.0238. The van der Waals surface area contributed by atoms with Crippen molar-refractivity contribution in [2.75, 3.05) is 38.3 Å². The predicted molar refractivity (Wildman–Crippen MR) is 115 cm³/mol. The van der Waals surface area contributed by atoms with E-state index in [2.05, 4.69) is 10.3 Å².